The van der Waals surface area contributed by atoms with E-state index in [1.54, 1.807) is 10.8 Å². The predicted octanol–water partition coefficient (Wildman–Crippen LogP) is 2.73. The van der Waals surface area contributed by atoms with Crippen molar-refractivity contribution in [1.29, 1.82) is 0 Å². The summed E-state index contributed by atoms with van der Waals surface area (Å²) in [6.07, 6.45) is 2.46. The van der Waals surface area contributed by atoms with E-state index in [0.29, 0.717) is 19.5 Å². The molecule has 0 aliphatic heterocycles. The molecule has 0 fully saturated rings. The number of carbonyl (C=O) groups is 1. The summed E-state index contributed by atoms with van der Waals surface area (Å²) in [5, 5.41) is 4.02. The molecule has 4 rings (SSSR count). The first-order valence-corrected chi connectivity index (χ1v) is 9.46. The zero-order chi connectivity index (χ0) is 19.5. The number of rotatable bonds is 6. The number of fused-ring (bicyclic) bond motifs is 2. The summed E-state index contributed by atoms with van der Waals surface area (Å²) in [5.41, 5.74) is 3.53. The van der Waals surface area contributed by atoms with Crippen molar-refractivity contribution in [2.45, 2.75) is 26.4 Å². The lowest BCUT2D eigenvalue weighted by Crippen LogP contribution is -2.34. The topological polar surface area (TPSA) is 68.9 Å². The van der Waals surface area contributed by atoms with Crippen molar-refractivity contribution in [3.8, 4) is 0 Å². The molecule has 2 heterocycles. The lowest BCUT2D eigenvalue weighted by atomic mass is 10.1. The highest BCUT2D eigenvalue weighted by Gasteiger charge is 2.14. The second kappa shape index (κ2) is 7.68. The standard InChI is InChI=1S/C22H22N4O2/c1-2-25-18-10-3-4-11-19(18)26(22(25)28)15-20(27)23-14-12-17-8-5-7-16-9-6-13-24-21(16)17/h3-11,13H,2,12,14-15H2,1H3,(H,23,27). The van der Waals surface area contributed by atoms with E-state index >= 15 is 0 Å². The van der Waals surface area contributed by atoms with E-state index in [1.165, 1.54) is 4.57 Å². The van der Waals surface area contributed by atoms with E-state index < -0.39 is 0 Å². The van der Waals surface area contributed by atoms with Crippen LogP contribution in [0.4, 0.5) is 0 Å². The quantitative estimate of drug-likeness (QED) is 0.564. The van der Waals surface area contributed by atoms with Gasteiger partial charge in [-0.25, -0.2) is 4.79 Å². The highest BCUT2D eigenvalue weighted by Crippen LogP contribution is 2.16. The van der Waals surface area contributed by atoms with Gasteiger partial charge >= 0.3 is 5.69 Å². The minimum Gasteiger partial charge on any atom is -0.354 e. The molecule has 0 spiro atoms. The van der Waals surface area contributed by atoms with Crippen LogP contribution in [-0.2, 0) is 24.3 Å². The van der Waals surface area contributed by atoms with Gasteiger partial charge in [-0.05, 0) is 37.1 Å². The van der Waals surface area contributed by atoms with Crippen molar-refractivity contribution in [2.24, 2.45) is 0 Å². The van der Waals surface area contributed by atoms with Gasteiger partial charge in [-0.1, -0.05) is 36.4 Å². The molecule has 0 saturated heterocycles. The summed E-state index contributed by atoms with van der Waals surface area (Å²) < 4.78 is 3.22. The smallest absolute Gasteiger partial charge is 0.329 e. The molecular formula is C22H22N4O2. The van der Waals surface area contributed by atoms with Crippen LogP contribution in [0, 0.1) is 0 Å². The highest BCUT2D eigenvalue weighted by atomic mass is 16.2. The minimum atomic E-state index is -0.172. The van der Waals surface area contributed by atoms with Gasteiger partial charge in [-0.15, -0.1) is 0 Å². The number of amides is 1. The van der Waals surface area contributed by atoms with Crippen molar-refractivity contribution >= 4 is 27.8 Å². The Hall–Kier alpha value is -3.41. The number of nitrogens with zero attached hydrogens (tertiary/aromatic N) is 3. The maximum absolute atomic E-state index is 12.6. The van der Waals surface area contributed by atoms with E-state index in [2.05, 4.69) is 10.3 Å². The van der Waals surface area contributed by atoms with Crippen LogP contribution in [0.25, 0.3) is 21.9 Å². The fourth-order valence-corrected chi connectivity index (χ4v) is 3.64. The molecule has 0 unspecified atom stereocenters. The van der Waals surface area contributed by atoms with Crippen molar-refractivity contribution in [3.05, 3.63) is 76.8 Å². The van der Waals surface area contributed by atoms with Crippen LogP contribution >= 0.6 is 0 Å². The van der Waals surface area contributed by atoms with Crippen molar-refractivity contribution in [1.82, 2.24) is 19.4 Å². The Morgan fingerprint density at radius 2 is 1.75 bits per heavy atom. The van der Waals surface area contributed by atoms with Crippen LogP contribution in [0.1, 0.15) is 12.5 Å². The maximum atomic E-state index is 12.6. The number of aromatic nitrogens is 3. The van der Waals surface area contributed by atoms with Crippen LogP contribution in [-0.4, -0.2) is 26.6 Å². The highest BCUT2D eigenvalue weighted by molar-refractivity contribution is 5.82. The van der Waals surface area contributed by atoms with Gasteiger partial charge in [-0.2, -0.15) is 0 Å². The molecule has 6 heteroatoms. The molecule has 0 saturated carbocycles. The van der Waals surface area contributed by atoms with Crippen molar-refractivity contribution < 1.29 is 4.79 Å². The molecule has 142 valence electrons. The number of benzene rings is 2. The molecule has 4 aromatic rings. The normalized spacial score (nSPS) is 11.2. The SMILES string of the molecule is CCn1c(=O)n(CC(=O)NCCc2cccc3cccnc23)c2ccccc21. The third-order valence-corrected chi connectivity index (χ3v) is 4.98. The first-order valence-electron chi connectivity index (χ1n) is 9.46. The third kappa shape index (κ3) is 3.29. The largest absolute Gasteiger partial charge is 0.354 e. The number of hydrogen-bond donors (Lipinski definition) is 1. The summed E-state index contributed by atoms with van der Waals surface area (Å²) in [5.74, 6) is -0.172. The number of carbonyl (C=O) groups excluding carboxylic acids is 1. The average molecular weight is 374 g/mol. The molecule has 0 aliphatic carbocycles. The fraction of sp³-hybridized carbons (Fsp3) is 0.227. The van der Waals surface area contributed by atoms with Crippen molar-refractivity contribution in [2.75, 3.05) is 6.54 Å². The molecular weight excluding hydrogens is 352 g/mol. The lowest BCUT2D eigenvalue weighted by molar-refractivity contribution is -0.121. The van der Waals surface area contributed by atoms with E-state index in [4.69, 9.17) is 0 Å². The van der Waals surface area contributed by atoms with Crippen molar-refractivity contribution in [3.63, 3.8) is 0 Å². The van der Waals surface area contributed by atoms with Gasteiger partial charge < -0.3 is 5.32 Å². The molecule has 0 radical (unpaired) electrons. The van der Waals surface area contributed by atoms with E-state index in [-0.39, 0.29) is 18.1 Å². The molecule has 6 nitrogen and oxygen atoms in total. The van der Waals surface area contributed by atoms with Crippen LogP contribution < -0.4 is 11.0 Å². The van der Waals surface area contributed by atoms with Crippen LogP contribution in [0.5, 0.6) is 0 Å². The van der Waals surface area contributed by atoms with Gasteiger partial charge in [0.2, 0.25) is 5.91 Å². The minimum absolute atomic E-state index is 0.0140. The summed E-state index contributed by atoms with van der Waals surface area (Å²) in [7, 11) is 0. The number of pyridine rings is 1. The summed E-state index contributed by atoms with van der Waals surface area (Å²) in [6.45, 7) is 3.01. The van der Waals surface area contributed by atoms with Gasteiger partial charge in [-0.3, -0.25) is 18.9 Å². The number of para-hydroxylation sites is 3. The molecule has 0 bridgehead atoms. The Labute approximate surface area is 162 Å². The number of hydrogen-bond acceptors (Lipinski definition) is 3. The average Bonchev–Trinajstić information content (AvgIpc) is 2.99. The Kier molecular flexibility index (Phi) is 4.93. The van der Waals surface area contributed by atoms with Gasteiger partial charge in [0, 0.05) is 24.7 Å². The molecule has 0 atom stereocenters. The molecule has 2 aromatic carbocycles. The second-order valence-electron chi connectivity index (χ2n) is 6.69. The Bertz CT molecular complexity index is 1200. The van der Waals surface area contributed by atoms with E-state index in [9.17, 15) is 9.59 Å². The van der Waals surface area contributed by atoms with E-state index in [1.807, 2.05) is 61.5 Å². The first kappa shape index (κ1) is 18.0. The Balaban J connectivity index is 1.46. The zero-order valence-electron chi connectivity index (χ0n) is 15.8. The monoisotopic (exact) mass is 374 g/mol. The molecule has 1 amide bonds. The molecule has 0 aliphatic rings. The van der Waals surface area contributed by atoms with Gasteiger partial charge in [0.25, 0.3) is 0 Å². The molecule has 2 aromatic heterocycles. The van der Waals surface area contributed by atoms with Gasteiger partial charge in [0.15, 0.2) is 0 Å². The van der Waals surface area contributed by atoms with Crippen LogP contribution in [0.2, 0.25) is 0 Å². The fourth-order valence-electron chi connectivity index (χ4n) is 3.64. The summed E-state index contributed by atoms with van der Waals surface area (Å²) in [4.78, 5) is 29.5. The second-order valence-corrected chi connectivity index (χ2v) is 6.69. The summed E-state index contributed by atoms with van der Waals surface area (Å²) in [6, 6.07) is 17.6. The summed E-state index contributed by atoms with van der Waals surface area (Å²) >= 11 is 0. The molecule has 1 N–H and O–H groups in total. The maximum Gasteiger partial charge on any atom is 0.329 e. The predicted molar refractivity (Wildman–Crippen MR) is 110 cm³/mol. The lowest BCUT2D eigenvalue weighted by Gasteiger charge is -2.08. The van der Waals surface area contributed by atoms with Crippen LogP contribution in [0.15, 0.2) is 65.6 Å². The number of nitrogens with one attached hydrogen (secondary N) is 1. The van der Waals surface area contributed by atoms with Gasteiger partial charge in [0.05, 0.1) is 16.6 Å². The Morgan fingerprint density at radius 1 is 1.00 bits per heavy atom. The van der Waals surface area contributed by atoms with Crippen LogP contribution in [0.3, 0.4) is 0 Å². The van der Waals surface area contributed by atoms with E-state index in [0.717, 1.165) is 27.5 Å². The van der Waals surface area contributed by atoms with Gasteiger partial charge in [0.1, 0.15) is 6.54 Å². The molecule has 28 heavy (non-hydrogen) atoms. The first-order chi connectivity index (χ1) is 13.7. The number of imidazole rings is 1. The Morgan fingerprint density at radius 3 is 2.54 bits per heavy atom. The zero-order valence-corrected chi connectivity index (χ0v) is 15.8. The number of aryl methyl sites for hydroxylation is 1. The third-order valence-electron chi connectivity index (χ3n) is 4.98.